The molecule has 0 spiro atoms. The number of allylic oxidation sites excluding steroid dienone is 1. The average Bonchev–Trinajstić information content (AvgIpc) is 2.92. The quantitative estimate of drug-likeness (QED) is 0.258. The van der Waals surface area contributed by atoms with Gasteiger partial charge in [0.15, 0.2) is 0 Å². The van der Waals surface area contributed by atoms with Crippen LogP contribution in [0.5, 0.6) is 0 Å². The van der Waals surface area contributed by atoms with E-state index in [1.807, 2.05) is 36.9 Å². The highest BCUT2D eigenvalue weighted by molar-refractivity contribution is 5.96. The zero-order valence-corrected chi connectivity index (χ0v) is 25.0. The number of carbonyl (C=O) groups is 2. The van der Waals surface area contributed by atoms with Crippen molar-refractivity contribution in [1.82, 2.24) is 10.2 Å². The van der Waals surface area contributed by atoms with Gasteiger partial charge in [0.05, 0.1) is 6.04 Å². The molecule has 2 aromatic rings. The molecule has 0 radical (unpaired) electrons. The second-order valence-corrected chi connectivity index (χ2v) is 10.9. The van der Waals surface area contributed by atoms with Crippen molar-refractivity contribution < 1.29 is 9.59 Å². The Morgan fingerprint density at radius 3 is 2.38 bits per heavy atom. The van der Waals surface area contributed by atoms with Crippen LogP contribution in [0.25, 0.3) is 0 Å². The van der Waals surface area contributed by atoms with Crippen molar-refractivity contribution in [2.75, 3.05) is 13.1 Å². The van der Waals surface area contributed by atoms with Gasteiger partial charge in [-0.15, -0.1) is 0 Å². The highest BCUT2D eigenvalue weighted by Gasteiger charge is 2.26. The largest absolute Gasteiger partial charge is 0.346 e. The monoisotopic (exact) mass is 526 g/mol. The summed E-state index contributed by atoms with van der Waals surface area (Å²) in [6, 6.07) is 14.3. The van der Waals surface area contributed by atoms with Crippen molar-refractivity contribution >= 4 is 11.8 Å². The van der Waals surface area contributed by atoms with E-state index >= 15 is 0 Å². The van der Waals surface area contributed by atoms with Crippen LogP contribution in [0.1, 0.15) is 86.5 Å². The zero-order valence-electron chi connectivity index (χ0n) is 25.0. The van der Waals surface area contributed by atoms with E-state index in [1.54, 1.807) is 0 Å². The molecule has 1 unspecified atom stereocenters. The highest BCUT2D eigenvalue weighted by Crippen LogP contribution is 2.30. The molecule has 1 aliphatic heterocycles. The van der Waals surface area contributed by atoms with Crippen molar-refractivity contribution in [3.8, 4) is 0 Å². The van der Waals surface area contributed by atoms with Gasteiger partial charge in [0.25, 0.3) is 5.91 Å². The van der Waals surface area contributed by atoms with Crippen LogP contribution in [0.3, 0.4) is 0 Å². The maximum Gasteiger partial charge on any atom is 0.254 e. The third-order valence-electron chi connectivity index (χ3n) is 8.09. The van der Waals surface area contributed by atoms with Gasteiger partial charge in [0.2, 0.25) is 5.91 Å². The van der Waals surface area contributed by atoms with Gasteiger partial charge in [-0.1, -0.05) is 68.8 Å². The fraction of sp³-hybridized carbons (Fsp3) is 0.429. The van der Waals surface area contributed by atoms with Crippen molar-refractivity contribution in [1.29, 1.82) is 0 Å². The maximum absolute atomic E-state index is 13.6. The van der Waals surface area contributed by atoms with Crippen LogP contribution in [0.4, 0.5) is 0 Å². The molecule has 3 rings (SSSR count). The van der Waals surface area contributed by atoms with E-state index in [-0.39, 0.29) is 17.9 Å². The summed E-state index contributed by atoms with van der Waals surface area (Å²) in [6.45, 7) is 20.0. The predicted octanol–water partition coefficient (Wildman–Crippen LogP) is 7.45. The van der Waals surface area contributed by atoms with E-state index in [4.69, 9.17) is 0 Å². The molecule has 0 saturated heterocycles. The summed E-state index contributed by atoms with van der Waals surface area (Å²) in [7, 11) is 0. The number of nitrogens with zero attached hydrogens (tertiary/aromatic N) is 1. The Hall–Kier alpha value is -3.40. The Balaban J connectivity index is 1.82. The molecule has 0 aromatic heterocycles. The average molecular weight is 527 g/mol. The van der Waals surface area contributed by atoms with E-state index in [1.165, 1.54) is 33.4 Å². The minimum atomic E-state index is -0.129. The van der Waals surface area contributed by atoms with E-state index < -0.39 is 0 Å². The van der Waals surface area contributed by atoms with Crippen LogP contribution in [-0.2, 0) is 17.6 Å². The Labute approximate surface area is 235 Å². The summed E-state index contributed by atoms with van der Waals surface area (Å²) in [6.07, 6.45) is 3.90. The zero-order chi connectivity index (χ0) is 28.7. The molecular weight excluding hydrogens is 480 g/mol. The lowest BCUT2D eigenvalue weighted by atomic mass is 9.88. The molecule has 1 heterocycles. The topological polar surface area (TPSA) is 49.4 Å². The van der Waals surface area contributed by atoms with E-state index in [9.17, 15) is 9.59 Å². The second-order valence-electron chi connectivity index (χ2n) is 10.9. The van der Waals surface area contributed by atoms with Crippen LogP contribution in [0.2, 0.25) is 0 Å². The lowest BCUT2D eigenvalue weighted by molar-refractivity contribution is -0.118. The number of rotatable bonds is 10. The number of benzene rings is 2. The maximum atomic E-state index is 13.6. The van der Waals surface area contributed by atoms with Crippen LogP contribution in [-0.4, -0.2) is 35.8 Å². The Bertz CT molecular complexity index is 1300. The molecule has 0 aliphatic carbocycles. The van der Waals surface area contributed by atoms with E-state index in [0.29, 0.717) is 19.5 Å². The SMILES string of the molecule is C=C(C)C(Cc1cccc(C)c1)NC(=O)/C(CC)=C(\C)C1=C(CC)CN(C(=O)c2ccc(C)c(CC)c2)CC1. The molecule has 0 saturated carbocycles. The second kappa shape index (κ2) is 13.6. The minimum Gasteiger partial charge on any atom is -0.346 e. The number of nitrogens with one attached hydrogen (secondary N) is 1. The fourth-order valence-corrected chi connectivity index (χ4v) is 5.59. The van der Waals surface area contributed by atoms with Crippen LogP contribution in [0, 0.1) is 13.8 Å². The minimum absolute atomic E-state index is 0.0242. The summed E-state index contributed by atoms with van der Waals surface area (Å²) < 4.78 is 0. The van der Waals surface area contributed by atoms with Gasteiger partial charge in [0.1, 0.15) is 0 Å². The van der Waals surface area contributed by atoms with Gasteiger partial charge in [-0.05, 0) is 105 Å². The molecule has 0 bridgehead atoms. The van der Waals surface area contributed by atoms with Crippen molar-refractivity contribution in [2.24, 2.45) is 0 Å². The van der Waals surface area contributed by atoms with E-state index in [0.717, 1.165) is 48.0 Å². The molecule has 2 amide bonds. The molecule has 4 heteroatoms. The molecular formula is C35H46N2O2. The van der Waals surface area contributed by atoms with E-state index in [2.05, 4.69) is 70.8 Å². The molecule has 0 fully saturated rings. The molecule has 1 N–H and O–H groups in total. The van der Waals surface area contributed by atoms with Gasteiger partial charge < -0.3 is 10.2 Å². The smallest absolute Gasteiger partial charge is 0.254 e. The van der Waals surface area contributed by atoms with Crippen LogP contribution < -0.4 is 5.32 Å². The number of aryl methyl sites for hydroxylation is 3. The van der Waals surface area contributed by atoms with Crippen LogP contribution >= 0.6 is 0 Å². The molecule has 39 heavy (non-hydrogen) atoms. The van der Waals surface area contributed by atoms with Crippen LogP contribution in [0.15, 0.2) is 76.9 Å². The first-order chi connectivity index (χ1) is 18.6. The first-order valence-electron chi connectivity index (χ1n) is 14.4. The number of carbonyl (C=O) groups excluding carboxylic acids is 2. The molecule has 208 valence electrons. The first-order valence-corrected chi connectivity index (χ1v) is 14.4. The number of hydrogen-bond donors (Lipinski definition) is 1. The third kappa shape index (κ3) is 7.38. The van der Waals surface area contributed by atoms with Crippen molar-refractivity contribution in [3.63, 3.8) is 0 Å². The number of amides is 2. The van der Waals surface area contributed by atoms with Crippen molar-refractivity contribution in [3.05, 3.63) is 105 Å². The van der Waals surface area contributed by atoms with Gasteiger partial charge in [-0.3, -0.25) is 9.59 Å². The third-order valence-corrected chi connectivity index (χ3v) is 8.09. The number of hydrogen-bond acceptors (Lipinski definition) is 2. The normalized spacial score (nSPS) is 15.1. The summed E-state index contributed by atoms with van der Waals surface area (Å²) in [5.41, 5.74) is 10.9. The fourth-order valence-electron chi connectivity index (χ4n) is 5.59. The molecule has 1 aliphatic rings. The summed E-state index contributed by atoms with van der Waals surface area (Å²) >= 11 is 0. The van der Waals surface area contributed by atoms with Crippen molar-refractivity contribution in [2.45, 2.75) is 86.6 Å². The Kier molecular flexibility index (Phi) is 10.5. The summed E-state index contributed by atoms with van der Waals surface area (Å²) in [5.74, 6) is 0.0640. The van der Waals surface area contributed by atoms with Gasteiger partial charge >= 0.3 is 0 Å². The lowest BCUT2D eigenvalue weighted by Gasteiger charge is -2.32. The van der Waals surface area contributed by atoms with Gasteiger partial charge in [-0.2, -0.15) is 0 Å². The first kappa shape index (κ1) is 30.1. The molecule has 1 atom stereocenters. The Morgan fingerprint density at radius 1 is 1.03 bits per heavy atom. The predicted molar refractivity (Wildman–Crippen MR) is 163 cm³/mol. The molecule has 4 nitrogen and oxygen atoms in total. The summed E-state index contributed by atoms with van der Waals surface area (Å²) in [4.78, 5) is 28.9. The molecule has 2 aromatic carbocycles. The van der Waals surface area contributed by atoms with Gasteiger partial charge in [-0.25, -0.2) is 0 Å². The highest BCUT2D eigenvalue weighted by atomic mass is 16.2. The lowest BCUT2D eigenvalue weighted by Crippen LogP contribution is -2.39. The Morgan fingerprint density at radius 2 is 1.77 bits per heavy atom. The summed E-state index contributed by atoms with van der Waals surface area (Å²) in [5, 5.41) is 3.27. The van der Waals surface area contributed by atoms with Gasteiger partial charge in [0, 0.05) is 24.2 Å². The standard InChI is InChI=1S/C35H46N2O2/c1-9-28-21-30(16-15-25(28)7)35(39)37-18-17-32(29(10-2)22-37)26(8)31(11-3)34(38)36-33(23(4)5)20-27-14-12-13-24(6)19-27/h12-16,19,21,33H,4,9-11,17-18,20,22H2,1-3,5-8H3,(H,36,38)/b31-26+.